The van der Waals surface area contributed by atoms with E-state index in [-0.39, 0.29) is 29.7 Å². The van der Waals surface area contributed by atoms with Gasteiger partial charge in [0.15, 0.2) is 16.1 Å². The smallest absolute Gasteiger partial charge is 0.490 e. The molecule has 0 saturated carbocycles. The van der Waals surface area contributed by atoms with E-state index < -0.39 is 33.6 Å². The van der Waals surface area contributed by atoms with Gasteiger partial charge in [-0.15, -0.1) is 0 Å². The van der Waals surface area contributed by atoms with Crippen LogP contribution in [0.2, 0.25) is 0 Å². The van der Waals surface area contributed by atoms with Gasteiger partial charge in [-0.2, -0.15) is 13.2 Å². The lowest BCUT2D eigenvalue weighted by atomic mass is 9.76. The maximum absolute atomic E-state index is 13.3. The first kappa shape index (κ1) is 31.8. The minimum atomic E-state index is -5.13. The molecule has 2 aliphatic heterocycles. The number of halogens is 3. The van der Waals surface area contributed by atoms with E-state index in [9.17, 15) is 31.2 Å². The van der Waals surface area contributed by atoms with Crippen molar-refractivity contribution in [2.24, 2.45) is 11.3 Å². The number of likely N-dealkylation sites (tertiary alicyclic amines) is 2. The topological polar surface area (TPSA) is 93.2 Å². The molecule has 42 heavy (non-hydrogen) atoms. The quantitative estimate of drug-likeness (QED) is 0.383. The average Bonchev–Trinajstić information content (AvgIpc) is 3.23. The zero-order chi connectivity index (χ0) is 30.7. The van der Waals surface area contributed by atoms with Crippen molar-refractivity contribution < 1.29 is 40.7 Å². The molecule has 8 nitrogen and oxygen atoms in total. The third kappa shape index (κ3) is 7.63. The van der Waals surface area contributed by atoms with Crippen molar-refractivity contribution in [3.05, 3.63) is 59.7 Å². The highest BCUT2D eigenvalue weighted by Gasteiger charge is 2.54. The Kier molecular flexibility index (Phi) is 9.56. The standard InChI is InChI=1S/C30H37F3N2O6S/c1-21(2)20-40-25-7-5-4-6-23(25)19-35-17-14-29(27(35)41-28(37)30(31,32)33)12-15-34(16-13-29)26(36)18-22-8-10-24(11-9-22)42(3,38)39/h4-11,21,27H,12-20H2,1-3H3. The molecule has 2 saturated heterocycles. The van der Waals surface area contributed by atoms with Crippen molar-refractivity contribution in [2.75, 3.05) is 32.5 Å². The Balaban J connectivity index is 1.47. The summed E-state index contributed by atoms with van der Waals surface area (Å²) < 4.78 is 74.5. The first-order chi connectivity index (χ1) is 19.7. The Morgan fingerprint density at radius 1 is 1.00 bits per heavy atom. The SMILES string of the molecule is CC(C)COc1ccccc1CN1CCC2(CCN(C(=O)Cc3ccc(S(C)(=O)=O)cc3)CC2)C1OC(=O)C(F)(F)F. The van der Waals surface area contributed by atoms with Gasteiger partial charge in [-0.3, -0.25) is 9.69 Å². The van der Waals surface area contributed by atoms with Crippen LogP contribution in [0.5, 0.6) is 5.75 Å². The number of hydrogen-bond acceptors (Lipinski definition) is 7. The molecule has 230 valence electrons. The Bertz CT molecular complexity index is 1370. The van der Waals surface area contributed by atoms with Crippen molar-refractivity contribution >= 4 is 21.7 Å². The number of benzene rings is 2. The van der Waals surface area contributed by atoms with Gasteiger partial charge in [-0.05, 0) is 48.9 Å². The molecule has 1 amide bonds. The van der Waals surface area contributed by atoms with Crippen molar-refractivity contribution in [3.63, 3.8) is 0 Å². The van der Waals surface area contributed by atoms with Crippen LogP contribution < -0.4 is 4.74 Å². The van der Waals surface area contributed by atoms with Gasteiger partial charge in [0.1, 0.15) is 5.75 Å². The lowest BCUT2D eigenvalue weighted by Crippen LogP contribution is -2.51. The van der Waals surface area contributed by atoms with E-state index in [0.29, 0.717) is 56.8 Å². The molecule has 1 unspecified atom stereocenters. The first-order valence-corrected chi connectivity index (χ1v) is 15.9. The van der Waals surface area contributed by atoms with E-state index in [1.807, 2.05) is 38.1 Å². The Hall–Kier alpha value is -3.12. The summed E-state index contributed by atoms with van der Waals surface area (Å²) in [5.74, 6) is -1.46. The van der Waals surface area contributed by atoms with Crippen LogP contribution in [0.1, 0.15) is 44.2 Å². The number of alkyl halides is 3. The molecule has 2 heterocycles. The van der Waals surface area contributed by atoms with Gasteiger partial charge in [0, 0.05) is 43.4 Å². The van der Waals surface area contributed by atoms with Crippen LogP contribution in [0.3, 0.4) is 0 Å². The Labute approximate surface area is 244 Å². The predicted molar refractivity (Wildman–Crippen MR) is 149 cm³/mol. The molecule has 0 bridgehead atoms. The van der Waals surface area contributed by atoms with E-state index in [4.69, 9.17) is 9.47 Å². The van der Waals surface area contributed by atoms with Gasteiger partial charge < -0.3 is 14.4 Å². The van der Waals surface area contributed by atoms with Crippen LogP contribution in [-0.2, 0) is 37.1 Å². The zero-order valence-corrected chi connectivity index (χ0v) is 24.8. The molecule has 12 heteroatoms. The summed E-state index contributed by atoms with van der Waals surface area (Å²) in [5.41, 5.74) is 0.718. The molecule has 1 atom stereocenters. The highest BCUT2D eigenvalue weighted by Crippen LogP contribution is 2.47. The van der Waals surface area contributed by atoms with Crippen molar-refractivity contribution in [1.82, 2.24) is 9.80 Å². The minimum absolute atomic E-state index is 0.0722. The number of amides is 1. The fourth-order valence-corrected chi connectivity index (χ4v) is 6.24. The Morgan fingerprint density at radius 3 is 2.21 bits per heavy atom. The second kappa shape index (κ2) is 12.6. The second-order valence-corrected chi connectivity index (χ2v) is 13.6. The van der Waals surface area contributed by atoms with Crippen molar-refractivity contribution in [1.29, 1.82) is 0 Å². The predicted octanol–water partition coefficient (Wildman–Crippen LogP) is 4.61. The molecule has 0 aromatic heterocycles. The number of piperidine rings is 1. The first-order valence-electron chi connectivity index (χ1n) is 14.0. The molecule has 0 aliphatic carbocycles. The number of hydrogen-bond donors (Lipinski definition) is 0. The fraction of sp³-hybridized carbons (Fsp3) is 0.533. The third-order valence-corrected chi connectivity index (χ3v) is 9.07. The van der Waals surface area contributed by atoms with E-state index in [1.54, 1.807) is 21.9 Å². The summed E-state index contributed by atoms with van der Waals surface area (Å²) in [5, 5.41) is 0. The third-order valence-electron chi connectivity index (χ3n) is 7.94. The molecular formula is C30H37F3N2O6S. The number of para-hydroxylation sites is 1. The van der Waals surface area contributed by atoms with Crippen LogP contribution in [0.15, 0.2) is 53.4 Å². The summed E-state index contributed by atoms with van der Waals surface area (Å²) in [6.07, 6.45) is -3.77. The lowest BCUT2D eigenvalue weighted by Gasteiger charge is -2.43. The van der Waals surface area contributed by atoms with E-state index in [0.717, 1.165) is 11.8 Å². The van der Waals surface area contributed by atoms with Crippen molar-refractivity contribution in [3.8, 4) is 5.75 Å². The highest BCUT2D eigenvalue weighted by atomic mass is 32.2. The lowest BCUT2D eigenvalue weighted by molar-refractivity contribution is -0.220. The van der Waals surface area contributed by atoms with Crippen LogP contribution in [0.25, 0.3) is 0 Å². The summed E-state index contributed by atoms with van der Waals surface area (Å²) in [7, 11) is -3.35. The van der Waals surface area contributed by atoms with Gasteiger partial charge in [0.2, 0.25) is 5.91 Å². The van der Waals surface area contributed by atoms with Crippen molar-refractivity contribution in [2.45, 2.75) is 63.4 Å². The number of rotatable bonds is 9. The summed E-state index contributed by atoms with van der Waals surface area (Å²) >= 11 is 0. The largest absolute Gasteiger partial charge is 0.493 e. The number of esters is 1. The molecule has 1 spiro atoms. The average molecular weight is 611 g/mol. The van der Waals surface area contributed by atoms with E-state index >= 15 is 0 Å². The molecule has 2 aliphatic rings. The summed E-state index contributed by atoms with van der Waals surface area (Å²) in [6, 6.07) is 13.5. The van der Waals surface area contributed by atoms with Crippen LogP contribution >= 0.6 is 0 Å². The molecule has 0 N–H and O–H groups in total. The van der Waals surface area contributed by atoms with Gasteiger partial charge in [0.25, 0.3) is 0 Å². The number of carbonyl (C=O) groups is 2. The molecule has 2 aromatic rings. The maximum atomic E-state index is 13.3. The number of nitrogens with zero attached hydrogens (tertiary/aromatic N) is 2. The van der Waals surface area contributed by atoms with E-state index in [1.165, 1.54) is 12.1 Å². The monoisotopic (exact) mass is 610 g/mol. The van der Waals surface area contributed by atoms with Gasteiger partial charge >= 0.3 is 12.1 Å². The van der Waals surface area contributed by atoms with Gasteiger partial charge in [0.05, 0.1) is 17.9 Å². The van der Waals surface area contributed by atoms with Crippen LogP contribution in [0, 0.1) is 11.3 Å². The number of ether oxygens (including phenoxy) is 2. The maximum Gasteiger partial charge on any atom is 0.490 e. The Morgan fingerprint density at radius 2 is 1.62 bits per heavy atom. The molecule has 2 fully saturated rings. The summed E-state index contributed by atoms with van der Waals surface area (Å²) in [6.45, 7) is 5.81. The molecule has 0 radical (unpaired) electrons. The molecule has 2 aromatic carbocycles. The second-order valence-electron chi connectivity index (χ2n) is 11.6. The zero-order valence-electron chi connectivity index (χ0n) is 24.0. The summed E-state index contributed by atoms with van der Waals surface area (Å²) in [4.78, 5) is 28.7. The molecular weight excluding hydrogens is 573 g/mol. The fourth-order valence-electron chi connectivity index (χ4n) is 5.61. The minimum Gasteiger partial charge on any atom is -0.493 e. The van der Waals surface area contributed by atoms with Gasteiger partial charge in [-0.1, -0.05) is 44.2 Å². The van der Waals surface area contributed by atoms with Crippen LogP contribution in [-0.4, -0.2) is 75.0 Å². The number of sulfone groups is 1. The van der Waals surface area contributed by atoms with Gasteiger partial charge in [-0.25, -0.2) is 13.2 Å². The molecule has 4 rings (SSSR count). The van der Waals surface area contributed by atoms with Crippen LogP contribution in [0.4, 0.5) is 13.2 Å². The normalized spacial score (nSPS) is 19.3. The number of carbonyl (C=O) groups excluding carboxylic acids is 2. The van der Waals surface area contributed by atoms with E-state index in [2.05, 4.69) is 0 Å². The highest BCUT2D eigenvalue weighted by molar-refractivity contribution is 7.90.